The molecule has 0 atom stereocenters. The Morgan fingerprint density at radius 2 is 1.70 bits per heavy atom. The number of nitrogens with zero attached hydrogens (tertiary/aromatic N) is 1. The standard InChI is InChI=1S/C20H26FNO/c1-2-3-4-5-6-7-8-9-16-10-12-18(19(21)14-16)20-13-11-17(23)15-22-20/h10-15,23H,2-9H2,1H3. The molecule has 0 aliphatic rings. The number of benzene rings is 1. The highest BCUT2D eigenvalue weighted by Gasteiger charge is 2.07. The molecule has 0 aliphatic carbocycles. The summed E-state index contributed by atoms with van der Waals surface area (Å²) >= 11 is 0. The highest BCUT2D eigenvalue weighted by Crippen LogP contribution is 2.23. The number of aryl methyl sites for hydroxylation is 1. The van der Waals surface area contributed by atoms with Crippen molar-refractivity contribution in [3.63, 3.8) is 0 Å². The molecule has 0 radical (unpaired) electrons. The Balaban J connectivity index is 1.83. The number of pyridine rings is 1. The van der Waals surface area contributed by atoms with E-state index in [4.69, 9.17) is 0 Å². The second-order valence-corrected chi connectivity index (χ2v) is 6.09. The molecule has 1 aromatic carbocycles. The minimum atomic E-state index is -0.247. The van der Waals surface area contributed by atoms with Gasteiger partial charge < -0.3 is 5.11 Å². The van der Waals surface area contributed by atoms with Gasteiger partial charge in [0.15, 0.2) is 0 Å². The second kappa shape index (κ2) is 9.29. The van der Waals surface area contributed by atoms with Gasteiger partial charge in [-0.1, -0.05) is 51.5 Å². The fourth-order valence-corrected chi connectivity index (χ4v) is 2.75. The summed E-state index contributed by atoms with van der Waals surface area (Å²) < 4.78 is 14.2. The lowest BCUT2D eigenvalue weighted by molar-refractivity contribution is 0.473. The lowest BCUT2D eigenvalue weighted by Crippen LogP contribution is -1.92. The minimum absolute atomic E-state index is 0.0877. The smallest absolute Gasteiger partial charge is 0.133 e. The SMILES string of the molecule is CCCCCCCCCc1ccc(-c2ccc(O)cn2)c(F)c1. The first-order valence-electron chi connectivity index (χ1n) is 8.64. The van der Waals surface area contributed by atoms with Crippen LogP contribution in [0.5, 0.6) is 5.75 Å². The van der Waals surface area contributed by atoms with Gasteiger partial charge in [0.1, 0.15) is 11.6 Å². The number of hydrogen-bond donors (Lipinski definition) is 1. The van der Waals surface area contributed by atoms with Gasteiger partial charge in [-0.25, -0.2) is 4.39 Å². The summed E-state index contributed by atoms with van der Waals surface area (Å²) in [4.78, 5) is 4.06. The zero-order chi connectivity index (χ0) is 16.5. The van der Waals surface area contributed by atoms with Gasteiger partial charge in [-0.3, -0.25) is 4.98 Å². The minimum Gasteiger partial charge on any atom is -0.506 e. The summed E-state index contributed by atoms with van der Waals surface area (Å²) in [6, 6.07) is 8.52. The first-order valence-corrected chi connectivity index (χ1v) is 8.64. The monoisotopic (exact) mass is 315 g/mol. The average Bonchev–Trinajstić information content (AvgIpc) is 2.55. The molecule has 124 valence electrons. The van der Waals surface area contributed by atoms with Gasteiger partial charge in [0, 0.05) is 5.56 Å². The Hall–Kier alpha value is -1.90. The number of aromatic hydroxyl groups is 1. The predicted octanol–water partition coefficient (Wildman–Crippen LogP) is 5.89. The predicted molar refractivity (Wildman–Crippen MR) is 93.0 cm³/mol. The van der Waals surface area contributed by atoms with Crippen LogP contribution in [0.3, 0.4) is 0 Å². The fraction of sp³-hybridized carbons (Fsp3) is 0.450. The number of hydrogen-bond acceptors (Lipinski definition) is 2. The van der Waals surface area contributed by atoms with Crippen LogP contribution in [0.25, 0.3) is 11.3 Å². The molecule has 1 aromatic heterocycles. The van der Waals surface area contributed by atoms with Crippen molar-refractivity contribution in [2.45, 2.75) is 58.3 Å². The first kappa shape index (κ1) is 17.5. The topological polar surface area (TPSA) is 33.1 Å². The maximum Gasteiger partial charge on any atom is 0.133 e. The molecule has 1 heterocycles. The summed E-state index contributed by atoms with van der Waals surface area (Å²) in [5, 5.41) is 9.25. The third-order valence-corrected chi connectivity index (χ3v) is 4.13. The van der Waals surface area contributed by atoms with Crippen LogP contribution in [0.2, 0.25) is 0 Å². The highest BCUT2D eigenvalue weighted by molar-refractivity contribution is 5.60. The van der Waals surface area contributed by atoms with E-state index in [2.05, 4.69) is 11.9 Å². The van der Waals surface area contributed by atoms with E-state index in [1.807, 2.05) is 6.07 Å². The lowest BCUT2D eigenvalue weighted by atomic mass is 10.0. The third-order valence-electron chi connectivity index (χ3n) is 4.13. The van der Waals surface area contributed by atoms with Crippen molar-refractivity contribution in [2.24, 2.45) is 0 Å². The number of unbranched alkanes of at least 4 members (excludes halogenated alkanes) is 6. The summed E-state index contributed by atoms with van der Waals surface area (Å²) in [6.45, 7) is 2.23. The molecule has 0 saturated heterocycles. The maximum atomic E-state index is 14.2. The van der Waals surface area contributed by atoms with E-state index in [0.717, 1.165) is 18.4 Å². The molecule has 3 heteroatoms. The van der Waals surface area contributed by atoms with Gasteiger partial charge in [-0.05, 0) is 42.7 Å². The molecule has 1 N–H and O–H groups in total. The van der Waals surface area contributed by atoms with Gasteiger partial charge in [0.2, 0.25) is 0 Å². The molecular formula is C20H26FNO. The summed E-state index contributed by atoms with van der Waals surface area (Å²) in [7, 11) is 0. The van der Waals surface area contributed by atoms with Crippen LogP contribution >= 0.6 is 0 Å². The quantitative estimate of drug-likeness (QED) is 0.586. The van der Waals surface area contributed by atoms with E-state index >= 15 is 0 Å². The largest absolute Gasteiger partial charge is 0.506 e. The average molecular weight is 315 g/mol. The van der Waals surface area contributed by atoms with Crippen LogP contribution in [0, 0.1) is 5.82 Å². The van der Waals surface area contributed by atoms with Gasteiger partial charge >= 0.3 is 0 Å². The van der Waals surface area contributed by atoms with Crippen molar-refractivity contribution in [2.75, 3.05) is 0 Å². The van der Waals surface area contributed by atoms with E-state index < -0.39 is 0 Å². The van der Waals surface area contributed by atoms with E-state index in [9.17, 15) is 9.50 Å². The van der Waals surface area contributed by atoms with E-state index in [-0.39, 0.29) is 11.6 Å². The molecule has 2 nitrogen and oxygen atoms in total. The van der Waals surface area contributed by atoms with Crippen molar-refractivity contribution in [1.29, 1.82) is 0 Å². The molecule has 0 unspecified atom stereocenters. The molecule has 0 spiro atoms. The first-order chi connectivity index (χ1) is 11.2. The molecule has 23 heavy (non-hydrogen) atoms. The molecular weight excluding hydrogens is 289 g/mol. The molecule has 2 aromatic rings. The molecule has 0 fully saturated rings. The summed E-state index contributed by atoms with van der Waals surface area (Å²) in [5.41, 5.74) is 2.06. The fourth-order valence-electron chi connectivity index (χ4n) is 2.75. The van der Waals surface area contributed by atoms with E-state index in [0.29, 0.717) is 11.3 Å². The Labute approximate surface area is 138 Å². The van der Waals surface area contributed by atoms with Gasteiger partial charge in [-0.2, -0.15) is 0 Å². The normalized spacial score (nSPS) is 10.9. The van der Waals surface area contributed by atoms with Crippen molar-refractivity contribution in [3.8, 4) is 17.0 Å². The van der Waals surface area contributed by atoms with Crippen molar-refractivity contribution in [1.82, 2.24) is 4.98 Å². The molecule has 0 bridgehead atoms. The number of halogens is 1. The zero-order valence-electron chi connectivity index (χ0n) is 13.9. The van der Waals surface area contributed by atoms with Gasteiger partial charge in [-0.15, -0.1) is 0 Å². The van der Waals surface area contributed by atoms with Crippen LogP contribution < -0.4 is 0 Å². The number of aromatic nitrogens is 1. The summed E-state index contributed by atoms with van der Waals surface area (Å²) in [6.07, 6.45) is 11.1. The summed E-state index contributed by atoms with van der Waals surface area (Å²) in [5.74, 6) is -0.159. The Morgan fingerprint density at radius 3 is 2.35 bits per heavy atom. The second-order valence-electron chi connectivity index (χ2n) is 6.09. The van der Waals surface area contributed by atoms with Crippen LogP contribution in [0.4, 0.5) is 4.39 Å². The van der Waals surface area contributed by atoms with Gasteiger partial charge in [0.05, 0.1) is 11.9 Å². The van der Waals surface area contributed by atoms with Gasteiger partial charge in [0.25, 0.3) is 0 Å². The molecule has 2 rings (SSSR count). The van der Waals surface area contributed by atoms with Crippen molar-refractivity contribution >= 4 is 0 Å². The van der Waals surface area contributed by atoms with Crippen LogP contribution in [0.15, 0.2) is 36.5 Å². The van der Waals surface area contributed by atoms with Crippen LogP contribution in [-0.2, 0) is 6.42 Å². The van der Waals surface area contributed by atoms with Crippen molar-refractivity contribution < 1.29 is 9.50 Å². The lowest BCUT2D eigenvalue weighted by Gasteiger charge is -2.06. The maximum absolute atomic E-state index is 14.2. The molecule has 0 saturated carbocycles. The Morgan fingerprint density at radius 1 is 0.957 bits per heavy atom. The Kier molecular flexibility index (Phi) is 7.05. The van der Waals surface area contributed by atoms with Crippen LogP contribution in [0.1, 0.15) is 57.4 Å². The van der Waals surface area contributed by atoms with Crippen molar-refractivity contribution in [3.05, 3.63) is 47.9 Å². The molecule has 0 aliphatic heterocycles. The highest BCUT2D eigenvalue weighted by atomic mass is 19.1. The van der Waals surface area contributed by atoms with Crippen LogP contribution in [-0.4, -0.2) is 10.1 Å². The third kappa shape index (κ3) is 5.66. The molecule has 0 amide bonds. The van der Waals surface area contributed by atoms with E-state index in [1.165, 1.54) is 50.8 Å². The number of rotatable bonds is 9. The zero-order valence-corrected chi connectivity index (χ0v) is 13.9. The van der Waals surface area contributed by atoms with E-state index in [1.54, 1.807) is 18.2 Å². The Bertz CT molecular complexity index is 595.